The first kappa shape index (κ1) is 18.9. The highest BCUT2D eigenvalue weighted by Gasteiger charge is 2.25. The van der Waals surface area contributed by atoms with Gasteiger partial charge in [0.2, 0.25) is 17.7 Å². The predicted molar refractivity (Wildman–Crippen MR) is 82.5 cm³/mol. The minimum absolute atomic E-state index is 0.206. The Bertz CT molecular complexity index is 466. The molecule has 4 N–H and O–H groups in total. The summed E-state index contributed by atoms with van der Waals surface area (Å²) in [5, 5.41) is 16.7. The molecule has 8 nitrogen and oxygen atoms in total. The smallest absolute Gasteiger partial charge is 0.326 e. The van der Waals surface area contributed by atoms with Gasteiger partial charge in [0.15, 0.2) is 0 Å². The number of carbonyl (C=O) groups excluding carboxylic acids is 3. The van der Waals surface area contributed by atoms with Gasteiger partial charge in [0, 0.05) is 6.42 Å². The molecule has 1 fully saturated rings. The number of nitrogens with one attached hydrogen (secondary N) is 3. The summed E-state index contributed by atoms with van der Waals surface area (Å²) in [4.78, 5) is 46.9. The minimum atomic E-state index is -1.09. The van der Waals surface area contributed by atoms with Crippen LogP contribution in [0.25, 0.3) is 0 Å². The van der Waals surface area contributed by atoms with Gasteiger partial charge in [0.1, 0.15) is 18.1 Å². The molecule has 1 saturated heterocycles. The molecule has 0 spiro atoms. The van der Waals surface area contributed by atoms with Crippen LogP contribution < -0.4 is 16.0 Å². The van der Waals surface area contributed by atoms with Gasteiger partial charge in [0.25, 0.3) is 0 Å². The number of aliphatic carboxylic acids is 1. The van der Waals surface area contributed by atoms with Crippen molar-refractivity contribution in [1.82, 2.24) is 16.0 Å². The molecule has 1 aliphatic heterocycles. The molecule has 1 aliphatic rings. The number of hydrogen-bond donors (Lipinski definition) is 4. The lowest BCUT2D eigenvalue weighted by molar-refractivity contribution is -0.142. The molecule has 0 aliphatic carbocycles. The van der Waals surface area contributed by atoms with Crippen molar-refractivity contribution in [1.29, 1.82) is 0 Å². The summed E-state index contributed by atoms with van der Waals surface area (Å²) in [6.07, 6.45) is 3.56. The largest absolute Gasteiger partial charge is 0.480 e. The van der Waals surface area contributed by atoms with E-state index in [1.165, 1.54) is 13.8 Å². The van der Waals surface area contributed by atoms with Crippen molar-refractivity contribution < 1.29 is 24.3 Å². The number of carboxylic acid groups (broad SMARTS) is 1. The third-order valence-corrected chi connectivity index (χ3v) is 3.78. The van der Waals surface area contributed by atoms with Gasteiger partial charge < -0.3 is 21.1 Å². The van der Waals surface area contributed by atoms with Crippen LogP contribution >= 0.6 is 0 Å². The molecule has 1 unspecified atom stereocenters. The molecule has 0 aromatic carbocycles. The van der Waals surface area contributed by atoms with E-state index in [4.69, 9.17) is 5.11 Å². The van der Waals surface area contributed by atoms with Crippen molar-refractivity contribution in [3.05, 3.63) is 0 Å². The minimum Gasteiger partial charge on any atom is -0.480 e. The predicted octanol–water partition coefficient (Wildman–Crippen LogP) is -0.0806. The summed E-state index contributed by atoms with van der Waals surface area (Å²) in [5.74, 6) is -2.34. The van der Waals surface area contributed by atoms with E-state index in [2.05, 4.69) is 16.0 Å². The summed E-state index contributed by atoms with van der Waals surface area (Å²) in [5.41, 5.74) is 0. The Hall–Kier alpha value is -2.12. The van der Waals surface area contributed by atoms with E-state index in [-0.39, 0.29) is 5.91 Å². The second-order valence-electron chi connectivity index (χ2n) is 5.87. The molecule has 8 heteroatoms. The zero-order valence-corrected chi connectivity index (χ0v) is 13.6. The van der Waals surface area contributed by atoms with Crippen LogP contribution in [0.4, 0.5) is 0 Å². The fourth-order valence-corrected chi connectivity index (χ4v) is 2.32. The molecular weight excluding hydrogens is 302 g/mol. The molecular formula is C15H25N3O5. The monoisotopic (exact) mass is 327 g/mol. The molecule has 0 bridgehead atoms. The fourth-order valence-electron chi connectivity index (χ4n) is 2.32. The van der Waals surface area contributed by atoms with Crippen LogP contribution in [0.15, 0.2) is 0 Å². The van der Waals surface area contributed by atoms with Crippen LogP contribution in [0.2, 0.25) is 0 Å². The number of carbonyl (C=O) groups is 4. The van der Waals surface area contributed by atoms with Gasteiger partial charge in [-0.25, -0.2) is 4.79 Å². The third-order valence-electron chi connectivity index (χ3n) is 3.78. The van der Waals surface area contributed by atoms with Crippen LogP contribution in [0.3, 0.4) is 0 Å². The average molecular weight is 327 g/mol. The van der Waals surface area contributed by atoms with Crippen molar-refractivity contribution in [2.45, 2.75) is 70.5 Å². The number of rotatable bonds is 1. The summed E-state index contributed by atoms with van der Waals surface area (Å²) >= 11 is 0. The molecule has 23 heavy (non-hydrogen) atoms. The Labute approximate surface area is 135 Å². The van der Waals surface area contributed by atoms with Crippen LogP contribution in [0, 0.1) is 0 Å². The van der Waals surface area contributed by atoms with Crippen LogP contribution in [0.5, 0.6) is 0 Å². The molecule has 3 atom stereocenters. The van der Waals surface area contributed by atoms with Gasteiger partial charge in [0.05, 0.1) is 0 Å². The first-order valence-corrected chi connectivity index (χ1v) is 7.94. The molecule has 1 rings (SSSR count). The van der Waals surface area contributed by atoms with Crippen molar-refractivity contribution in [3.8, 4) is 0 Å². The van der Waals surface area contributed by atoms with Gasteiger partial charge >= 0.3 is 5.97 Å². The van der Waals surface area contributed by atoms with Gasteiger partial charge in [-0.15, -0.1) is 0 Å². The maximum Gasteiger partial charge on any atom is 0.326 e. The number of amides is 3. The fraction of sp³-hybridized carbons (Fsp3) is 0.733. The SMILES string of the molecule is C[C@@H]1NC(=O)CCCCCCC(C(=O)O)NC(=O)[C@H](C)NC1=O. The van der Waals surface area contributed by atoms with E-state index in [1.54, 1.807) is 0 Å². The average Bonchev–Trinajstić information content (AvgIpc) is 2.47. The van der Waals surface area contributed by atoms with E-state index in [1.807, 2.05) is 0 Å². The van der Waals surface area contributed by atoms with Gasteiger partial charge in [-0.05, 0) is 26.7 Å². The molecule has 0 radical (unpaired) electrons. The lowest BCUT2D eigenvalue weighted by atomic mass is 10.1. The van der Waals surface area contributed by atoms with Crippen LogP contribution in [-0.4, -0.2) is 46.9 Å². The zero-order valence-electron chi connectivity index (χ0n) is 13.6. The highest BCUT2D eigenvalue weighted by molar-refractivity contribution is 5.92. The maximum absolute atomic E-state index is 12.0. The topological polar surface area (TPSA) is 125 Å². The highest BCUT2D eigenvalue weighted by Crippen LogP contribution is 2.09. The molecule has 1 heterocycles. The highest BCUT2D eigenvalue weighted by atomic mass is 16.4. The Morgan fingerprint density at radius 3 is 2.13 bits per heavy atom. The van der Waals surface area contributed by atoms with Crippen LogP contribution in [-0.2, 0) is 19.2 Å². The Morgan fingerprint density at radius 1 is 0.913 bits per heavy atom. The van der Waals surface area contributed by atoms with Crippen molar-refractivity contribution in [2.75, 3.05) is 0 Å². The van der Waals surface area contributed by atoms with Crippen molar-refractivity contribution in [3.63, 3.8) is 0 Å². The normalized spacial score (nSPS) is 28.6. The van der Waals surface area contributed by atoms with Gasteiger partial charge in [-0.3, -0.25) is 14.4 Å². The third kappa shape index (κ3) is 6.66. The standard InChI is InChI=1S/C15H25N3O5/c1-9-13(20)17-10(2)14(21)18-11(15(22)23)7-5-3-4-6-8-12(19)16-9/h9-11H,3-8H2,1-2H3,(H,16,19)(H,17,20)(H,18,21)(H,22,23)/t9-,10-,11?/m0/s1. The second-order valence-corrected chi connectivity index (χ2v) is 5.87. The maximum atomic E-state index is 12.0. The summed E-state index contributed by atoms with van der Waals surface area (Å²) < 4.78 is 0. The first-order chi connectivity index (χ1) is 10.8. The van der Waals surface area contributed by atoms with Gasteiger partial charge in [-0.2, -0.15) is 0 Å². The molecule has 130 valence electrons. The van der Waals surface area contributed by atoms with E-state index in [0.717, 1.165) is 12.8 Å². The van der Waals surface area contributed by atoms with E-state index in [9.17, 15) is 19.2 Å². The van der Waals surface area contributed by atoms with Crippen molar-refractivity contribution in [2.24, 2.45) is 0 Å². The Balaban J connectivity index is 2.77. The second kappa shape index (κ2) is 9.12. The molecule has 0 saturated carbocycles. The quantitative estimate of drug-likeness (QED) is 0.536. The van der Waals surface area contributed by atoms with E-state index >= 15 is 0 Å². The molecule has 3 amide bonds. The molecule has 0 aromatic rings. The first-order valence-electron chi connectivity index (χ1n) is 7.94. The number of carboxylic acids is 1. The Morgan fingerprint density at radius 2 is 1.48 bits per heavy atom. The van der Waals surface area contributed by atoms with Crippen molar-refractivity contribution >= 4 is 23.7 Å². The Kier molecular flexibility index (Phi) is 7.50. The zero-order chi connectivity index (χ0) is 17.4. The summed E-state index contributed by atoms with van der Waals surface area (Å²) in [6.45, 7) is 3.01. The summed E-state index contributed by atoms with van der Waals surface area (Å²) in [6, 6.07) is -2.60. The number of hydrogen-bond acceptors (Lipinski definition) is 4. The summed E-state index contributed by atoms with van der Waals surface area (Å²) in [7, 11) is 0. The van der Waals surface area contributed by atoms with E-state index in [0.29, 0.717) is 25.7 Å². The molecule has 0 aromatic heterocycles. The van der Waals surface area contributed by atoms with Crippen LogP contribution in [0.1, 0.15) is 52.4 Å². The lowest BCUT2D eigenvalue weighted by Gasteiger charge is -2.20. The lowest BCUT2D eigenvalue weighted by Crippen LogP contribution is -2.54. The van der Waals surface area contributed by atoms with E-state index < -0.39 is 35.9 Å². The van der Waals surface area contributed by atoms with Gasteiger partial charge in [-0.1, -0.05) is 19.3 Å².